The average molecular weight is 206 g/mol. The highest BCUT2D eigenvalue weighted by atomic mass is 19.1. The van der Waals surface area contributed by atoms with Gasteiger partial charge in [-0.3, -0.25) is 0 Å². The van der Waals surface area contributed by atoms with Crippen LogP contribution in [0.1, 0.15) is 0 Å². The molecule has 0 unspecified atom stereocenters. The maximum Gasteiger partial charge on any atom is 0.214 e. The van der Waals surface area contributed by atoms with Gasteiger partial charge in [0.1, 0.15) is 0 Å². The number of hydrogen-bond acceptors (Lipinski definition) is 3. The van der Waals surface area contributed by atoms with E-state index in [9.17, 15) is 4.39 Å². The van der Waals surface area contributed by atoms with E-state index in [0.29, 0.717) is 0 Å². The first kappa shape index (κ1) is 9.64. The minimum absolute atomic E-state index is 0.470. The normalized spacial score (nSPS) is 10.2. The molecule has 78 valence electrons. The number of halogens is 1. The van der Waals surface area contributed by atoms with Crippen LogP contribution in [0, 0.1) is 5.95 Å². The van der Waals surface area contributed by atoms with Crippen molar-refractivity contribution in [3.63, 3.8) is 0 Å². The van der Waals surface area contributed by atoms with Gasteiger partial charge in [0.25, 0.3) is 0 Å². The molecule has 0 radical (unpaired) electrons. The van der Waals surface area contributed by atoms with Crippen LogP contribution in [0.15, 0.2) is 37.1 Å². The van der Waals surface area contributed by atoms with Crippen molar-refractivity contribution in [1.82, 2.24) is 14.5 Å². The fraction of sp³-hybridized carbons (Fsp3) is 0.200. The van der Waals surface area contributed by atoms with Gasteiger partial charge in [0.15, 0.2) is 0 Å². The molecule has 2 heterocycles. The Bertz CT molecular complexity index is 413. The average Bonchev–Trinajstić information content (AvgIpc) is 2.71. The van der Waals surface area contributed by atoms with E-state index >= 15 is 0 Å². The molecule has 2 rings (SSSR count). The standard InChI is InChI=1S/C10H11FN4/c11-10-7-9(1-2-14-10)13-4-6-15-5-3-12-8-15/h1-3,5,7-8H,4,6H2,(H,13,14). The second kappa shape index (κ2) is 4.54. The predicted molar refractivity (Wildman–Crippen MR) is 54.9 cm³/mol. The largest absolute Gasteiger partial charge is 0.383 e. The highest BCUT2D eigenvalue weighted by Crippen LogP contribution is 2.05. The molecule has 0 aromatic carbocycles. The van der Waals surface area contributed by atoms with Crippen LogP contribution >= 0.6 is 0 Å². The number of rotatable bonds is 4. The number of anilines is 1. The summed E-state index contributed by atoms with van der Waals surface area (Å²) in [6.07, 6.45) is 6.80. The van der Waals surface area contributed by atoms with Crippen LogP contribution in [-0.2, 0) is 6.54 Å². The second-order valence-corrected chi connectivity index (χ2v) is 3.09. The van der Waals surface area contributed by atoms with E-state index in [1.165, 1.54) is 12.3 Å². The number of imidazole rings is 1. The Morgan fingerprint density at radius 3 is 3.07 bits per heavy atom. The molecule has 0 amide bonds. The Morgan fingerprint density at radius 2 is 2.33 bits per heavy atom. The number of aromatic nitrogens is 3. The van der Waals surface area contributed by atoms with Crippen LogP contribution in [0.2, 0.25) is 0 Å². The van der Waals surface area contributed by atoms with Crippen LogP contribution in [0.25, 0.3) is 0 Å². The molecule has 0 atom stereocenters. The molecule has 0 aliphatic rings. The Hall–Kier alpha value is -1.91. The van der Waals surface area contributed by atoms with E-state index in [-0.39, 0.29) is 0 Å². The zero-order valence-corrected chi connectivity index (χ0v) is 8.10. The quantitative estimate of drug-likeness (QED) is 0.771. The van der Waals surface area contributed by atoms with Crippen molar-refractivity contribution in [1.29, 1.82) is 0 Å². The molecule has 0 saturated carbocycles. The smallest absolute Gasteiger partial charge is 0.214 e. The number of hydrogen-bond donors (Lipinski definition) is 1. The monoisotopic (exact) mass is 206 g/mol. The van der Waals surface area contributed by atoms with Crippen LogP contribution in [-0.4, -0.2) is 21.1 Å². The van der Waals surface area contributed by atoms with Crippen molar-refractivity contribution in [3.05, 3.63) is 43.0 Å². The van der Waals surface area contributed by atoms with Crippen LogP contribution in [0.5, 0.6) is 0 Å². The number of nitrogens with zero attached hydrogens (tertiary/aromatic N) is 3. The van der Waals surface area contributed by atoms with Crippen LogP contribution < -0.4 is 5.32 Å². The summed E-state index contributed by atoms with van der Waals surface area (Å²) in [5, 5.41) is 3.10. The third-order valence-electron chi connectivity index (χ3n) is 1.98. The van der Waals surface area contributed by atoms with Gasteiger partial charge in [0, 0.05) is 43.4 Å². The Kier molecular flexibility index (Phi) is 2.92. The lowest BCUT2D eigenvalue weighted by molar-refractivity contribution is 0.584. The Labute approximate surface area is 86.8 Å². The van der Waals surface area contributed by atoms with Crippen molar-refractivity contribution in [2.24, 2.45) is 0 Å². The number of pyridine rings is 1. The molecule has 2 aromatic rings. The van der Waals surface area contributed by atoms with Crippen molar-refractivity contribution in [2.75, 3.05) is 11.9 Å². The molecule has 0 bridgehead atoms. The highest BCUT2D eigenvalue weighted by Gasteiger charge is 1.95. The maximum absolute atomic E-state index is 12.7. The fourth-order valence-corrected chi connectivity index (χ4v) is 1.26. The summed E-state index contributed by atoms with van der Waals surface area (Å²) in [5.74, 6) is -0.470. The zero-order valence-electron chi connectivity index (χ0n) is 8.10. The molecular formula is C10H11FN4. The van der Waals surface area contributed by atoms with Crippen molar-refractivity contribution in [2.45, 2.75) is 6.54 Å². The number of nitrogens with one attached hydrogen (secondary N) is 1. The Morgan fingerprint density at radius 1 is 1.40 bits per heavy atom. The molecule has 0 fully saturated rings. The summed E-state index contributed by atoms with van der Waals surface area (Å²) in [6, 6.07) is 3.10. The minimum Gasteiger partial charge on any atom is -0.383 e. The third-order valence-corrected chi connectivity index (χ3v) is 1.98. The molecular weight excluding hydrogens is 195 g/mol. The van der Waals surface area contributed by atoms with Gasteiger partial charge in [-0.05, 0) is 6.07 Å². The van der Waals surface area contributed by atoms with E-state index in [2.05, 4.69) is 15.3 Å². The van der Waals surface area contributed by atoms with Crippen molar-refractivity contribution >= 4 is 5.69 Å². The lowest BCUT2D eigenvalue weighted by Crippen LogP contribution is -2.09. The van der Waals surface area contributed by atoms with E-state index in [1.807, 2.05) is 10.8 Å². The maximum atomic E-state index is 12.7. The van der Waals surface area contributed by atoms with Gasteiger partial charge < -0.3 is 9.88 Å². The molecule has 15 heavy (non-hydrogen) atoms. The van der Waals surface area contributed by atoms with E-state index in [0.717, 1.165) is 18.8 Å². The van der Waals surface area contributed by atoms with E-state index in [4.69, 9.17) is 0 Å². The summed E-state index contributed by atoms with van der Waals surface area (Å²) >= 11 is 0. The summed E-state index contributed by atoms with van der Waals surface area (Å²) < 4.78 is 14.7. The topological polar surface area (TPSA) is 42.7 Å². The summed E-state index contributed by atoms with van der Waals surface area (Å²) in [4.78, 5) is 7.40. The zero-order chi connectivity index (χ0) is 10.5. The molecule has 0 aliphatic heterocycles. The van der Waals surface area contributed by atoms with Crippen LogP contribution in [0.4, 0.5) is 10.1 Å². The summed E-state index contributed by atoms with van der Waals surface area (Å²) in [5.41, 5.74) is 0.739. The molecule has 1 N–H and O–H groups in total. The SMILES string of the molecule is Fc1cc(NCCn2ccnc2)ccn1. The van der Waals surface area contributed by atoms with Gasteiger partial charge >= 0.3 is 0 Å². The van der Waals surface area contributed by atoms with E-state index < -0.39 is 5.95 Å². The fourth-order valence-electron chi connectivity index (χ4n) is 1.26. The highest BCUT2D eigenvalue weighted by molar-refractivity contribution is 5.40. The van der Waals surface area contributed by atoms with E-state index in [1.54, 1.807) is 18.6 Å². The molecule has 4 nitrogen and oxygen atoms in total. The first-order valence-corrected chi connectivity index (χ1v) is 4.66. The van der Waals surface area contributed by atoms with Gasteiger partial charge in [0.2, 0.25) is 5.95 Å². The minimum atomic E-state index is -0.470. The first-order valence-electron chi connectivity index (χ1n) is 4.66. The molecule has 2 aromatic heterocycles. The first-order chi connectivity index (χ1) is 7.34. The van der Waals surface area contributed by atoms with Gasteiger partial charge in [-0.1, -0.05) is 0 Å². The lowest BCUT2D eigenvalue weighted by Gasteiger charge is -2.06. The summed E-state index contributed by atoms with van der Waals surface area (Å²) in [6.45, 7) is 1.52. The molecule has 0 spiro atoms. The van der Waals surface area contributed by atoms with Crippen molar-refractivity contribution < 1.29 is 4.39 Å². The van der Waals surface area contributed by atoms with Gasteiger partial charge in [0.05, 0.1) is 6.33 Å². The molecule has 0 saturated heterocycles. The van der Waals surface area contributed by atoms with Crippen molar-refractivity contribution in [3.8, 4) is 0 Å². The lowest BCUT2D eigenvalue weighted by atomic mass is 10.4. The van der Waals surface area contributed by atoms with Gasteiger partial charge in [-0.25, -0.2) is 9.97 Å². The molecule has 0 aliphatic carbocycles. The van der Waals surface area contributed by atoms with Gasteiger partial charge in [-0.15, -0.1) is 0 Å². The van der Waals surface area contributed by atoms with Crippen LogP contribution in [0.3, 0.4) is 0 Å². The second-order valence-electron chi connectivity index (χ2n) is 3.09. The molecule has 5 heteroatoms. The third kappa shape index (κ3) is 2.77. The predicted octanol–water partition coefficient (Wildman–Crippen LogP) is 1.53. The Balaban J connectivity index is 1.83. The van der Waals surface area contributed by atoms with Gasteiger partial charge in [-0.2, -0.15) is 4.39 Å². The summed E-state index contributed by atoms with van der Waals surface area (Å²) in [7, 11) is 0.